The largest absolute Gasteiger partial charge is 0.480 e. The van der Waals surface area contributed by atoms with Crippen LogP contribution in [-0.2, 0) is 11.2 Å². The smallest absolute Gasteiger partial charge is 0.337 e. The summed E-state index contributed by atoms with van der Waals surface area (Å²) in [4.78, 5) is 23.3. The Morgan fingerprint density at radius 2 is 1.81 bits per heavy atom. The number of ether oxygens (including phenoxy) is 1. The monoisotopic (exact) mass is 283 g/mol. The fourth-order valence-electron chi connectivity index (χ4n) is 2.32. The van der Waals surface area contributed by atoms with Crippen molar-refractivity contribution < 1.29 is 19.4 Å². The van der Waals surface area contributed by atoms with Gasteiger partial charge in [-0.25, -0.2) is 4.79 Å². The van der Waals surface area contributed by atoms with Crippen LogP contribution in [0.1, 0.15) is 15.9 Å². The molecule has 106 valence electrons. The number of hydrogen-bond donors (Lipinski definition) is 2. The van der Waals surface area contributed by atoms with Crippen molar-refractivity contribution in [1.82, 2.24) is 0 Å². The lowest BCUT2D eigenvalue weighted by molar-refractivity contribution is -0.122. The van der Waals surface area contributed by atoms with E-state index in [4.69, 9.17) is 9.84 Å². The SMILES string of the molecule is O=C(O)c1ccccc1NC(=O)C1Cc2ccccc2O1. The van der Waals surface area contributed by atoms with E-state index in [0.717, 1.165) is 5.56 Å². The minimum atomic E-state index is -1.08. The van der Waals surface area contributed by atoms with Crippen LogP contribution < -0.4 is 10.1 Å². The first-order valence-electron chi connectivity index (χ1n) is 6.53. The number of benzene rings is 2. The molecule has 0 fully saturated rings. The van der Waals surface area contributed by atoms with Crippen molar-refractivity contribution in [2.24, 2.45) is 0 Å². The van der Waals surface area contributed by atoms with E-state index < -0.39 is 12.1 Å². The molecule has 1 heterocycles. The molecule has 1 amide bonds. The molecule has 0 saturated heterocycles. The standard InChI is InChI=1S/C16H13NO4/c18-15(14-9-10-5-1-4-8-13(10)21-14)17-12-7-3-2-6-11(12)16(19)20/h1-8,14H,9H2,(H,17,18)(H,19,20). The Hall–Kier alpha value is -2.82. The Kier molecular flexibility index (Phi) is 3.31. The van der Waals surface area contributed by atoms with Gasteiger partial charge >= 0.3 is 5.97 Å². The third kappa shape index (κ3) is 2.58. The highest BCUT2D eigenvalue weighted by molar-refractivity contribution is 6.02. The Labute approximate surface area is 121 Å². The first-order valence-corrected chi connectivity index (χ1v) is 6.53. The zero-order valence-corrected chi connectivity index (χ0v) is 11.1. The number of para-hydroxylation sites is 2. The third-order valence-electron chi connectivity index (χ3n) is 3.35. The number of amides is 1. The highest BCUT2D eigenvalue weighted by Gasteiger charge is 2.29. The number of carbonyl (C=O) groups excluding carboxylic acids is 1. The van der Waals surface area contributed by atoms with E-state index >= 15 is 0 Å². The maximum atomic E-state index is 12.2. The second kappa shape index (κ2) is 5.28. The van der Waals surface area contributed by atoms with E-state index in [9.17, 15) is 9.59 Å². The normalized spacial score (nSPS) is 15.9. The lowest BCUT2D eigenvalue weighted by Crippen LogP contribution is -2.32. The van der Waals surface area contributed by atoms with Crippen LogP contribution in [0, 0.1) is 0 Å². The minimum absolute atomic E-state index is 0.0568. The van der Waals surface area contributed by atoms with Gasteiger partial charge < -0.3 is 15.2 Å². The van der Waals surface area contributed by atoms with Gasteiger partial charge in [0.1, 0.15) is 5.75 Å². The quantitative estimate of drug-likeness (QED) is 0.906. The molecule has 2 aromatic carbocycles. The van der Waals surface area contributed by atoms with Crippen molar-refractivity contribution >= 4 is 17.6 Å². The number of carbonyl (C=O) groups is 2. The molecule has 0 bridgehead atoms. The molecule has 1 unspecified atom stereocenters. The van der Waals surface area contributed by atoms with Crippen LogP contribution in [0.25, 0.3) is 0 Å². The maximum absolute atomic E-state index is 12.2. The molecule has 5 heteroatoms. The number of rotatable bonds is 3. The summed E-state index contributed by atoms with van der Waals surface area (Å²) in [6.45, 7) is 0. The van der Waals surface area contributed by atoms with Gasteiger partial charge in [0.05, 0.1) is 11.3 Å². The van der Waals surface area contributed by atoms with Gasteiger partial charge in [-0.3, -0.25) is 4.79 Å². The first kappa shape index (κ1) is 13.2. The Bertz CT molecular complexity index is 686. The van der Waals surface area contributed by atoms with Crippen molar-refractivity contribution in [1.29, 1.82) is 0 Å². The first-order chi connectivity index (χ1) is 10.1. The number of nitrogens with one attached hydrogen (secondary N) is 1. The van der Waals surface area contributed by atoms with E-state index in [1.807, 2.05) is 24.3 Å². The van der Waals surface area contributed by atoms with E-state index in [1.165, 1.54) is 6.07 Å². The van der Waals surface area contributed by atoms with Gasteiger partial charge in [0.15, 0.2) is 6.10 Å². The maximum Gasteiger partial charge on any atom is 0.337 e. The molecule has 21 heavy (non-hydrogen) atoms. The summed E-state index contributed by atoms with van der Waals surface area (Å²) in [5.41, 5.74) is 1.31. The van der Waals surface area contributed by atoms with Crippen molar-refractivity contribution in [3.63, 3.8) is 0 Å². The molecule has 2 aromatic rings. The summed E-state index contributed by atoms with van der Waals surface area (Å²) in [6, 6.07) is 13.8. The number of carboxylic acid groups (broad SMARTS) is 1. The predicted molar refractivity (Wildman–Crippen MR) is 76.6 cm³/mol. The summed E-state index contributed by atoms with van der Waals surface area (Å²) in [5.74, 6) is -0.731. The fraction of sp³-hybridized carbons (Fsp3) is 0.125. The molecule has 0 radical (unpaired) electrons. The zero-order valence-electron chi connectivity index (χ0n) is 11.1. The fourth-order valence-corrected chi connectivity index (χ4v) is 2.32. The van der Waals surface area contributed by atoms with Gasteiger partial charge in [-0.15, -0.1) is 0 Å². The zero-order chi connectivity index (χ0) is 14.8. The van der Waals surface area contributed by atoms with E-state index in [2.05, 4.69) is 5.32 Å². The van der Waals surface area contributed by atoms with Gasteiger partial charge in [0.25, 0.3) is 5.91 Å². The van der Waals surface area contributed by atoms with Gasteiger partial charge in [-0.1, -0.05) is 30.3 Å². The lowest BCUT2D eigenvalue weighted by Gasteiger charge is -2.12. The average molecular weight is 283 g/mol. The van der Waals surface area contributed by atoms with Gasteiger partial charge in [-0.2, -0.15) is 0 Å². The Morgan fingerprint density at radius 3 is 2.57 bits per heavy atom. The van der Waals surface area contributed by atoms with E-state index in [1.54, 1.807) is 18.2 Å². The van der Waals surface area contributed by atoms with Crippen LogP contribution in [0.2, 0.25) is 0 Å². The predicted octanol–water partition coefficient (Wildman–Crippen LogP) is 2.33. The molecule has 2 N–H and O–H groups in total. The number of aromatic carboxylic acids is 1. The molecule has 0 aromatic heterocycles. The molecular weight excluding hydrogens is 270 g/mol. The van der Waals surface area contributed by atoms with Crippen molar-refractivity contribution in [3.05, 3.63) is 59.7 Å². The van der Waals surface area contributed by atoms with Gasteiger partial charge in [0, 0.05) is 6.42 Å². The van der Waals surface area contributed by atoms with Crippen LogP contribution in [0.5, 0.6) is 5.75 Å². The molecule has 0 spiro atoms. The average Bonchev–Trinajstić information content (AvgIpc) is 2.91. The molecule has 3 rings (SSSR count). The molecule has 1 aliphatic heterocycles. The number of hydrogen-bond acceptors (Lipinski definition) is 3. The second-order valence-corrected chi connectivity index (χ2v) is 4.76. The topological polar surface area (TPSA) is 75.6 Å². The molecule has 0 aliphatic carbocycles. The Balaban J connectivity index is 1.76. The van der Waals surface area contributed by atoms with Crippen LogP contribution in [0.3, 0.4) is 0 Å². The van der Waals surface area contributed by atoms with Crippen LogP contribution in [0.4, 0.5) is 5.69 Å². The summed E-state index contributed by atoms with van der Waals surface area (Å²) in [5, 5.41) is 11.7. The number of anilines is 1. The molecule has 1 aliphatic rings. The van der Waals surface area contributed by atoms with Gasteiger partial charge in [0.2, 0.25) is 0 Å². The lowest BCUT2D eigenvalue weighted by atomic mass is 10.1. The van der Waals surface area contributed by atoms with Crippen LogP contribution in [-0.4, -0.2) is 23.1 Å². The van der Waals surface area contributed by atoms with Crippen molar-refractivity contribution in [2.45, 2.75) is 12.5 Å². The highest BCUT2D eigenvalue weighted by atomic mass is 16.5. The molecule has 0 saturated carbocycles. The minimum Gasteiger partial charge on any atom is -0.480 e. The highest BCUT2D eigenvalue weighted by Crippen LogP contribution is 2.28. The molecule has 1 atom stereocenters. The summed E-state index contributed by atoms with van der Waals surface area (Å²) in [6.07, 6.45) is -0.152. The van der Waals surface area contributed by atoms with Crippen molar-refractivity contribution in [2.75, 3.05) is 5.32 Å². The summed E-state index contributed by atoms with van der Waals surface area (Å²) in [7, 11) is 0. The Morgan fingerprint density at radius 1 is 1.10 bits per heavy atom. The summed E-state index contributed by atoms with van der Waals surface area (Å²) >= 11 is 0. The summed E-state index contributed by atoms with van der Waals surface area (Å²) < 4.78 is 5.58. The molecule has 5 nitrogen and oxygen atoms in total. The van der Waals surface area contributed by atoms with Crippen LogP contribution in [0.15, 0.2) is 48.5 Å². The second-order valence-electron chi connectivity index (χ2n) is 4.76. The third-order valence-corrected chi connectivity index (χ3v) is 3.35. The van der Waals surface area contributed by atoms with E-state index in [-0.39, 0.29) is 17.2 Å². The van der Waals surface area contributed by atoms with Crippen LogP contribution >= 0.6 is 0 Å². The van der Waals surface area contributed by atoms with Crippen molar-refractivity contribution in [3.8, 4) is 5.75 Å². The molecular formula is C16H13NO4. The van der Waals surface area contributed by atoms with Gasteiger partial charge in [-0.05, 0) is 23.8 Å². The number of fused-ring (bicyclic) bond motifs is 1. The number of carboxylic acids is 1. The van der Waals surface area contributed by atoms with E-state index in [0.29, 0.717) is 12.2 Å².